The lowest BCUT2D eigenvalue weighted by Gasteiger charge is -2.11. The van der Waals surface area contributed by atoms with Crippen LogP contribution in [-0.4, -0.2) is 21.0 Å². The molecule has 21 heavy (non-hydrogen) atoms. The zero-order chi connectivity index (χ0) is 15.6. The van der Waals surface area contributed by atoms with E-state index in [1.165, 1.54) is 23.1 Å². The van der Waals surface area contributed by atoms with Crippen molar-refractivity contribution in [2.45, 2.75) is 37.5 Å². The molecule has 0 amide bonds. The summed E-state index contributed by atoms with van der Waals surface area (Å²) in [6.07, 6.45) is 0. The van der Waals surface area contributed by atoms with Gasteiger partial charge in [0.25, 0.3) is 0 Å². The van der Waals surface area contributed by atoms with Gasteiger partial charge >= 0.3 is 5.97 Å². The van der Waals surface area contributed by atoms with Gasteiger partial charge in [0, 0.05) is 16.5 Å². The number of thiophene rings is 1. The number of aryl methyl sites for hydroxylation is 1. The first-order valence-electron chi connectivity index (χ1n) is 6.37. The Hall–Kier alpha value is -1.11. The molecule has 0 aromatic carbocycles. The minimum absolute atomic E-state index is 0.155. The Morgan fingerprint density at radius 3 is 2.67 bits per heavy atom. The molecule has 0 radical (unpaired) electrons. The molecule has 0 fully saturated rings. The summed E-state index contributed by atoms with van der Waals surface area (Å²) in [6, 6.07) is 3.78. The van der Waals surface area contributed by atoms with E-state index in [1.807, 2.05) is 26.0 Å². The van der Waals surface area contributed by atoms with Gasteiger partial charge in [-0.1, -0.05) is 37.2 Å². The van der Waals surface area contributed by atoms with Crippen molar-refractivity contribution in [3.05, 3.63) is 38.4 Å². The number of rotatable bonds is 5. The molecule has 0 unspecified atom stereocenters. The summed E-state index contributed by atoms with van der Waals surface area (Å²) in [5, 5.41) is 9.88. The van der Waals surface area contributed by atoms with Gasteiger partial charge in [0.15, 0.2) is 0 Å². The van der Waals surface area contributed by atoms with Gasteiger partial charge in [0.2, 0.25) is 0 Å². The van der Waals surface area contributed by atoms with Crippen LogP contribution >= 0.6 is 34.7 Å². The van der Waals surface area contributed by atoms with Crippen molar-refractivity contribution in [2.75, 3.05) is 0 Å². The van der Waals surface area contributed by atoms with Crippen LogP contribution in [0.4, 0.5) is 0 Å². The van der Waals surface area contributed by atoms with E-state index in [-0.39, 0.29) is 11.5 Å². The van der Waals surface area contributed by atoms with E-state index >= 15 is 0 Å². The first-order chi connectivity index (χ1) is 9.88. The summed E-state index contributed by atoms with van der Waals surface area (Å²) in [7, 11) is 0. The lowest BCUT2D eigenvalue weighted by atomic mass is 10.2. The number of thioether (sulfide) groups is 1. The van der Waals surface area contributed by atoms with E-state index in [0.29, 0.717) is 22.3 Å². The number of aromatic nitrogens is 2. The first-order valence-corrected chi connectivity index (χ1v) is 8.55. The Balaban J connectivity index is 2.32. The SMILES string of the molecule is Cc1nc(C(C)C)nc(SCc2ccc(Cl)s2)c1C(=O)O. The molecule has 7 heteroatoms. The van der Waals surface area contributed by atoms with Crippen LogP contribution in [0.25, 0.3) is 0 Å². The average molecular weight is 343 g/mol. The third-order valence-electron chi connectivity index (χ3n) is 2.78. The van der Waals surface area contributed by atoms with Crippen LogP contribution < -0.4 is 0 Å². The highest BCUT2D eigenvalue weighted by Crippen LogP contribution is 2.31. The summed E-state index contributed by atoms with van der Waals surface area (Å²) >= 11 is 8.80. The molecule has 0 saturated heterocycles. The van der Waals surface area contributed by atoms with Crippen molar-refractivity contribution in [1.82, 2.24) is 9.97 Å². The van der Waals surface area contributed by atoms with E-state index in [1.54, 1.807) is 6.92 Å². The quantitative estimate of drug-likeness (QED) is 0.634. The van der Waals surface area contributed by atoms with E-state index in [4.69, 9.17) is 11.6 Å². The van der Waals surface area contributed by atoms with Gasteiger partial charge in [0.05, 0.1) is 10.0 Å². The molecule has 0 spiro atoms. The number of carboxylic acid groups (broad SMARTS) is 1. The monoisotopic (exact) mass is 342 g/mol. The maximum absolute atomic E-state index is 11.4. The summed E-state index contributed by atoms with van der Waals surface area (Å²) < 4.78 is 0.728. The highest BCUT2D eigenvalue weighted by Gasteiger charge is 2.19. The van der Waals surface area contributed by atoms with Crippen molar-refractivity contribution in [1.29, 1.82) is 0 Å². The Morgan fingerprint density at radius 1 is 1.43 bits per heavy atom. The number of hydrogen-bond acceptors (Lipinski definition) is 5. The fourth-order valence-corrected chi connectivity index (χ4v) is 3.95. The van der Waals surface area contributed by atoms with Crippen LogP contribution in [0, 0.1) is 6.92 Å². The first kappa shape index (κ1) is 16.3. The van der Waals surface area contributed by atoms with Crippen molar-refractivity contribution < 1.29 is 9.90 Å². The van der Waals surface area contributed by atoms with E-state index in [0.717, 1.165) is 9.21 Å². The van der Waals surface area contributed by atoms with Gasteiger partial charge in [-0.2, -0.15) is 0 Å². The normalized spacial score (nSPS) is 11.1. The molecule has 0 aliphatic carbocycles. The molecule has 112 valence electrons. The number of aromatic carboxylic acids is 1. The molecular formula is C14H15ClN2O2S2. The zero-order valence-electron chi connectivity index (χ0n) is 11.9. The van der Waals surface area contributed by atoms with Crippen LogP contribution in [0.1, 0.15) is 46.5 Å². The molecule has 2 heterocycles. The highest BCUT2D eigenvalue weighted by atomic mass is 35.5. The van der Waals surface area contributed by atoms with Crippen molar-refractivity contribution in [3.8, 4) is 0 Å². The average Bonchev–Trinajstić information content (AvgIpc) is 2.80. The lowest BCUT2D eigenvalue weighted by Crippen LogP contribution is -2.10. The number of hydrogen-bond donors (Lipinski definition) is 1. The molecule has 0 atom stereocenters. The maximum atomic E-state index is 11.4. The molecule has 4 nitrogen and oxygen atoms in total. The molecular weight excluding hydrogens is 328 g/mol. The number of carbonyl (C=O) groups is 1. The molecule has 0 bridgehead atoms. The Bertz CT molecular complexity index is 671. The molecule has 2 aromatic rings. The number of nitrogens with zero attached hydrogens (tertiary/aromatic N) is 2. The van der Waals surface area contributed by atoms with E-state index in [2.05, 4.69) is 9.97 Å². The van der Waals surface area contributed by atoms with Crippen LogP contribution in [0.15, 0.2) is 17.2 Å². The molecule has 0 aliphatic heterocycles. The molecule has 1 N–H and O–H groups in total. The van der Waals surface area contributed by atoms with Gasteiger partial charge in [0.1, 0.15) is 16.4 Å². The second-order valence-corrected chi connectivity index (χ2v) is 7.57. The largest absolute Gasteiger partial charge is 0.478 e. The Kier molecular flexibility index (Phi) is 5.24. The fraction of sp³-hybridized carbons (Fsp3) is 0.357. The summed E-state index contributed by atoms with van der Waals surface area (Å²) in [4.78, 5) is 21.2. The molecule has 2 aromatic heterocycles. The minimum Gasteiger partial charge on any atom is -0.478 e. The Morgan fingerprint density at radius 2 is 2.14 bits per heavy atom. The second-order valence-electron chi connectivity index (χ2n) is 4.80. The van der Waals surface area contributed by atoms with Gasteiger partial charge < -0.3 is 5.11 Å². The number of carboxylic acids is 1. The minimum atomic E-state index is -0.991. The van der Waals surface area contributed by atoms with Crippen LogP contribution in [0.3, 0.4) is 0 Å². The van der Waals surface area contributed by atoms with Crippen molar-refractivity contribution >= 4 is 40.7 Å². The molecule has 0 aliphatic rings. The topological polar surface area (TPSA) is 63.1 Å². The van der Waals surface area contributed by atoms with Crippen LogP contribution in [0.5, 0.6) is 0 Å². The maximum Gasteiger partial charge on any atom is 0.340 e. The molecule has 2 rings (SSSR count). The third-order valence-corrected chi connectivity index (χ3v) is 5.22. The second kappa shape index (κ2) is 6.77. The van der Waals surface area contributed by atoms with Gasteiger partial charge in [-0.05, 0) is 19.1 Å². The van der Waals surface area contributed by atoms with E-state index in [9.17, 15) is 9.90 Å². The third kappa shape index (κ3) is 3.96. The smallest absolute Gasteiger partial charge is 0.340 e. The lowest BCUT2D eigenvalue weighted by molar-refractivity contribution is 0.0690. The van der Waals surface area contributed by atoms with Gasteiger partial charge in [-0.25, -0.2) is 14.8 Å². The highest BCUT2D eigenvalue weighted by molar-refractivity contribution is 7.98. The fourth-order valence-electron chi connectivity index (χ4n) is 1.75. The van der Waals surface area contributed by atoms with E-state index < -0.39 is 5.97 Å². The summed E-state index contributed by atoms with van der Waals surface area (Å²) in [6.45, 7) is 5.69. The number of halogens is 1. The van der Waals surface area contributed by atoms with Crippen molar-refractivity contribution in [2.24, 2.45) is 0 Å². The van der Waals surface area contributed by atoms with Crippen LogP contribution in [-0.2, 0) is 5.75 Å². The van der Waals surface area contributed by atoms with Crippen molar-refractivity contribution in [3.63, 3.8) is 0 Å². The van der Waals surface area contributed by atoms with Crippen LogP contribution in [0.2, 0.25) is 4.34 Å². The summed E-state index contributed by atoms with van der Waals surface area (Å²) in [5.41, 5.74) is 0.694. The zero-order valence-corrected chi connectivity index (χ0v) is 14.3. The Labute approximate surface area is 136 Å². The standard InChI is InChI=1S/C14H15ClN2O2S2/c1-7(2)12-16-8(3)11(14(18)19)13(17-12)20-6-9-4-5-10(15)21-9/h4-5,7H,6H2,1-3H3,(H,18,19). The molecule has 0 saturated carbocycles. The van der Waals surface area contributed by atoms with Gasteiger partial charge in [-0.15, -0.1) is 11.3 Å². The predicted molar refractivity (Wildman–Crippen MR) is 86.7 cm³/mol. The summed E-state index contributed by atoms with van der Waals surface area (Å²) in [5.74, 6) is 0.479. The van der Waals surface area contributed by atoms with Gasteiger partial charge in [-0.3, -0.25) is 0 Å². The predicted octanol–water partition coefficient (Wildman–Crippen LogP) is 4.61.